The smallest absolute Gasteiger partial charge is 0.213 e. The molecule has 0 saturated carbocycles. The highest BCUT2D eigenvalue weighted by atomic mass is 35.5. The molecule has 4 heterocycles. The minimum atomic E-state index is -0.477. The second kappa shape index (κ2) is 6.47. The Labute approximate surface area is 143 Å². The van der Waals surface area contributed by atoms with E-state index in [4.69, 9.17) is 11.6 Å². The second-order valence-corrected chi connectivity index (χ2v) is 6.34. The number of halogens is 2. The summed E-state index contributed by atoms with van der Waals surface area (Å²) in [7, 11) is 0. The van der Waals surface area contributed by atoms with E-state index in [1.165, 1.54) is 6.07 Å². The number of nitrogens with zero attached hydrogens (tertiary/aromatic N) is 3. The van der Waals surface area contributed by atoms with Crippen molar-refractivity contribution in [3.05, 3.63) is 47.1 Å². The molecule has 0 aliphatic carbocycles. The first-order valence-electron chi connectivity index (χ1n) is 7.92. The zero-order valence-electron chi connectivity index (χ0n) is 13.0. The van der Waals surface area contributed by atoms with E-state index in [9.17, 15) is 4.39 Å². The number of aromatic nitrogens is 3. The molecule has 0 unspecified atom stereocenters. The van der Waals surface area contributed by atoms with E-state index in [1.807, 2.05) is 12.1 Å². The van der Waals surface area contributed by atoms with Crippen LogP contribution >= 0.6 is 11.6 Å². The third kappa shape index (κ3) is 3.13. The fourth-order valence-electron chi connectivity index (χ4n) is 3.04. The predicted octanol–water partition coefficient (Wildman–Crippen LogP) is 2.82. The molecule has 2 N–H and O–H groups in total. The average molecular weight is 346 g/mol. The van der Waals surface area contributed by atoms with Gasteiger partial charge in [-0.2, -0.15) is 4.39 Å². The molecule has 3 aromatic heterocycles. The number of rotatable bonds is 3. The van der Waals surface area contributed by atoms with E-state index in [1.54, 1.807) is 12.3 Å². The fraction of sp³-hybridized carbons (Fsp3) is 0.294. The van der Waals surface area contributed by atoms with E-state index in [2.05, 4.69) is 25.2 Å². The first kappa shape index (κ1) is 15.5. The van der Waals surface area contributed by atoms with Crippen molar-refractivity contribution < 1.29 is 4.39 Å². The third-order valence-corrected chi connectivity index (χ3v) is 4.56. The minimum Gasteiger partial charge on any atom is -0.339 e. The Kier molecular flexibility index (Phi) is 4.18. The molecule has 0 amide bonds. The molecular weight excluding hydrogens is 329 g/mol. The van der Waals surface area contributed by atoms with Crippen LogP contribution in [0.1, 0.15) is 5.69 Å². The van der Waals surface area contributed by atoms with Crippen LogP contribution in [0.2, 0.25) is 5.02 Å². The van der Waals surface area contributed by atoms with Gasteiger partial charge in [-0.15, -0.1) is 0 Å². The van der Waals surface area contributed by atoms with Crippen LogP contribution < -0.4 is 5.32 Å². The molecule has 1 saturated heterocycles. The van der Waals surface area contributed by atoms with Crippen LogP contribution in [0.25, 0.3) is 22.3 Å². The minimum absolute atomic E-state index is 0.477. The van der Waals surface area contributed by atoms with Crippen molar-refractivity contribution in [3.63, 3.8) is 0 Å². The Balaban J connectivity index is 1.67. The van der Waals surface area contributed by atoms with Gasteiger partial charge in [0.1, 0.15) is 5.65 Å². The van der Waals surface area contributed by atoms with Gasteiger partial charge < -0.3 is 10.3 Å². The molecule has 0 atom stereocenters. The van der Waals surface area contributed by atoms with E-state index in [0.29, 0.717) is 17.2 Å². The Morgan fingerprint density at radius 1 is 1.21 bits per heavy atom. The van der Waals surface area contributed by atoms with Crippen molar-refractivity contribution in [3.8, 4) is 11.3 Å². The van der Waals surface area contributed by atoms with Crippen molar-refractivity contribution in [2.24, 2.45) is 0 Å². The Bertz CT molecular complexity index is 873. The molecule has 4 rings (SSSR count). The lowest BCUT2D eigenvalue weighted by Gasteiger charge is -2.26. The summed E-state index contributed by atoms with van der Waals surface area (Å²) >= 11 is 6.19. The van der Waals surface area contributed by atoms with Crippen molar-refractivity contribution in [2.45, 2.75) is 6.54 Å². The maximum atomic E-state index is 14.0. The maximum absolute atomic E-state index is 14.0. The summed E-state index contributed by atoms with van der Waals surface area (Å²) in [5.74, 6) is -0.477. The topological polar surface area (TPSA) is 56.8 Å². The van der Waals surface area contributed by atoms with Crippen LogP contribution in [0.3, 0.4) is 0 Å². The number of fused-ring (bicyclic) bond motifs is 1. The van der Waals surface area contributed by atoms with E-state index in [-0.39, 0.29) is 0 Å². The van der Waals surface area contributed by atoms with Gasteiger partial charge in [-0.1, -0.05) is 11.6 Å². The molecular formula is C17H17ClFN5. The van der Waals surface area contributed by atoms with Gasteiger partial charge in [0.25, 0.3) is 0 Å². The number of H-pyrrole nitrogens is 1. The summed E-state index contributed by atoms with van der Waals surface area (Å²) in [6.07, 6.45) is 1.65. The molecule has 1 fully saturated rings. The molecule has 3 aromatic rings. The lowest BCUT2D eigenvalue weighted by atomic mass is 10.1. The number of hydrogen-bond acceptors (Lipinski definition) is 4. The number of pyridine rings is 2. The number of piperazine rings is 1. The van der Waals surface area contributed by atoms with Crippen LogP contribution in [0.15, 0.2) is 30.5 Å². The van der Waals surface area contributed by atoms with Gasteiger partial charge in [0.15, 0.2) is 0 Å². The second-order valence-electron chi connectivity index (χ2n) is 5.93. The van der Waals surface area contributed by atoms with Gasteiger partial charge in [0.2, 0.25) is 5.95 Å². The first-order valence-corrected chi connectivity index (χ1v) is 8.30. The van der Waals surface area contributed by atoms with Gasteiger partial charge in [-0.3, -0.25) is 4.90 Å². The Hall–Kier alpha value is -2.02. The van der Waals surface area contributed by atoms with Crippen molar-refractivity contribution >= 4 is 22.6 Å². The SMILES string of the molecule is Fc1cc(-c2cc3c(Cl)ccnc3[nH]2)cc(CN2CCNCC2)n1. The molecule has 0 radical (unpaired) electrons. The molecule has 124 valence electrons. The summed E-state index contributed by atoms with van der Waals surface area (Å²) in [6, 6.07) is 6.99. The van der Waals surface area contributed by atoms with Gasteiger partial charge in [0.05, 0.1) is 10.7 Å². The number of nitrogens with one attached hydrogen (secondary N) is 2. The van der Waals surface area contributed by atoms with E-state index in [0.717, 1.165) is 48.5 Å². The zero-order valence-corrected chi connectivity index (χ0v) is 13.8. The quantitative estimate of drug-likeness (QED) is 0.717. The van der Waals surface area contributed by atoms with Crippen LogP contribution in [0.4, 0.5) is 4.39 Å². The number of hydrogen-bond donors (Lipinski definition) is 2. The van der Waals surface area contributed by atoms with Crippen molar-refractivity contribution in [1.29, 1.82) is 0 Å². The molecule has 0 bridgehead atoms. The van der Waals surface area contributed by atoms with Crippen LogP contribution in [0.5, 0.6) is 0 Å². The molecule has 1 aliphatic heterocycles. The molecule has 5 nitrogen and oxygen atoms in total. The molecule has 1 aliphatic rings. The summed E-state index contributed by atoms with van der Waals surface area (Å²) in [4.78, 5) is 13.8. The van der Waals surface area contributed by atoms with Gasteiger partial charge in [-0.05, 0) is 18.2 Å². The van der Waals surface area contributed by atoms with Gasteiger partial charge in [0, 0.05) is 61.6 Å². The highest BCUT2D eigenvalue weighted by Crippen LogP contribution is 2.28. The predicted molar refractivity (Wildman–Crippen MR) is 92.4 cm³/mol. The lowest BCUT2D eigenvalue weighted by molar-refractivity contribution is 0.230. The standard InChI is InChI=1S/C17H17ClFN5/c18-14-1-2-21-17-13(14)9-15(23-17)11-7-12(22-16(19)8-11)10-24-5-3-20-4-6-24/h1-2,7-9,20H,3-6,10H2,(H,21,23). The normalized spacial score (nSPS) is 15.9. The van der Waals surface area contributed by atoms with Crippen molar-refractivity contribution in [2.75, 3.05) is 26.2 Å². The lowest BCUT2D eigenvalue weighted by Crippen LogP contribution is -2.43. The third-order valence-electron chi connectivity index (χ3n) is 4.23. The number of aromatic amines is 1. The molecule has 0 spiro atoms. The van der Waals surface area contributed by atoms with Crippen molar-refractivity contribution in [1.82, 2.24) is 25.2 Å². The summed E-state index contributed by atoms with van der Waals surface area (Å²) < 4.78 is 14.0. The summed E-state index contributed by atoms with van der Waals surface area (Å²) in [6.45, 7) is 4.44. The highest BCUT2D eigenvalue weighted by Gasteiger charge is 2.14. The molecule has 24 heavy (non-hydrogen) atoms. The average Bonchev–Trinajstić information content (AvgIpc) is 3.01. The van der Waals surface area contributed by atoms with E-state index >= 15 is 0 Å². The monoisotopic (exact) mass is 345 g/mol. The van der Waals surface area contributed by atoms with Crippen LogP contribution in [0, 0.1) is 5.95 Å². The molecule has 0 aromatic carbocycles. The largest absolute Gasteiger partial charge is 0.339 e. The highest BCUT2D eigenvalue weighted by molar-refractivity contribution is 6.35. The van der Waals surface area contributed by atoms with Gasteiger partial charge in [-0.25, -0.2) is 9.97 Å². The van der Waals surface area contributed by atoms with E-state index < -0.39 is 5.95 Å². The Morgan fingerprint density at radius 2 is 2.04 bits per heavy atom. The van der Waals surface area contributed by atoms with Crippen LogP contribution in [-0.2, 0) is 6.54 Å². The van der Waals surface area contributed by atoms with Gasteiger partial charge >= 0.3 is 0 Å². The first-order chi connectivity index (χ1) is 11.7. The Morgan fingerprint density at radius 3 is 2.83 bits per heavy atom. The maximum Gasteiger partial charge on any atom is 0.213 e. The summed E-state index contributed by atoms with van der Waals surface area (Å²) in [5, 5.41) is 4.76. The summed E-state index contributed by atoms with van der Waals surface area (Å²) in [5.41, 5.74) is 2.96. The van der Waals surface area contributed by atoms with Crippen LogP contribution in [-0.4, -0.2) is 46.0 Å². The zero-order chi connectivity index (χ0) is 16.5. The fourth-order valence-corrected chi connectivity index (χ4v) is 3.24. The molecule has 7 heteroatoms.